The molecule has 4 rings (SSSR count). The van der Waals surface area contributed by atoms with Crippen LogP contribution in [0.15, 0.2) is 35.3 Å². The molecule has 0 saturated heterocycles. The van der Waals surface area contributed by atoms with E-state index in [9.17, 15) is 14.7 Å². The van der Waals surface area contributed by atoms with Crippen LogP contribution in [0.1, 0.15) is 54.6 Å². The van der Waals surface area contributed by atoms with Gasteiger partial charge in [-0.1, -0.05) is 19.4 Å². The molecule has 0 amide bonds. The van der Waals surface area contributed by atoms with Crippen LogP contribution in [0, 0.1) is 20.8 Å². The van der Waals surface area contributed by atoms with Gasteiger partial charge < -0.3 is 9.67 Å². The molecular weight excluding hydrogens is 404 g/mol. The topological polar surface area (TPSA) is 82.0 Å². The molecule has 7 nitrogen and oxygen atoms in total. The van der Waals surface area contributed by atoms with Crippen molar-refractivity contribution in [3.63, 3.8) is 0 Å². The van der Waals surface area contributed by atoms with E-state index in [1.54, 1.807) is 9.13 Å². The minimum absolute atomic E-state index is 0.102. The maximum absolute atomic E-state index is 13.7. The number of hydrogen-bond donors (Lipinski definition) is 1. The van der Waals surface area contributed by atoms with Crippen LogP contribution >= 0.6 is 0 Å². The third-order valence-electron chi connectivity index (χ3n) is 6.19. The van der Waals surface area contributed by atoms with Gasteiger partial charge in [-0.2, -0.15) is 0 Å². The fourth-order valence-electron chi connectivity index (χ4n) is 4.89. The first-order valence-electron chi connectivity index (χ1n) is 11.1. The van der Waals surface area contributed by atoms with Gasteiger partial charge in [0, 0.05) is 29.8 Å². The molecule has 0 radical (unpaired) electrons. The fraction of sp³-hybridized carbons (Fsp3) is 0.400. The van der Waals surface area contributed by atoms with E-state index >= 15 is 0 Å². The Morgan fingerprint density at radius 3 is 2.59 bits per heavy atom. The molecule has 7 heteroatoms. The molecule has 3 heterocycles. The van der Waals surface area contributed by atoms with E-state index in [4.69, 9.17) is 0 Å². The summed E-state index contributed by atoms with van der Waals surface area (Å²) >= 11 is 0. The number of rotatable bonds is 7. The molecule has 0 saturated carbocycles. The SMILES string of the molecule is CCCC(CC(=O)O)n1c(=O)n(Cc2cn(C)c3cc(C)cc(C)c23)c2ccc(C)nc21. The third kappa shape index (κ3) is 3.72. The van der Waals surface area contributed by atoms with Gasteiger partial charge in [0.1, 0.15) is 0 Å². The smallest absolute Gasteiger partial charge is 0.330 e. The zero-order chi connectivity index (χ0) is 23.2. The number of aromatic nitrogens is 4. The van der Waals surface area contributed by atoms with Crippen molar-refractivity contribution < 1.29 is 9.90 Å². The van der Waals surface area contributed by atoms with Gasteiger partial charge in [0.25, 0.3) is 0 Å². The molecule has 0 aliphatic heterocycles. The van der Waals surface area contributed by atoms with Crippen molar-refractivity contribution in [3.8, 4) is 0 Å². The highest BCUT2D eigenvalue weighted by atomic mass is 16.4. The van der Waals surface area contributed by atoms with Gasteiger partial charge in [0.2, 0.25) is 0 Å². The monoisotopic (exact) mass is 434 g/mol. The standard InChI is InChI=1S/C25H30N4O3/c1-6-7-19(12-22(30)31)29-24-20(9-8-17(4)26-24)28(25(29)32)14-18-13-27(5)21-11-15(2)10-16(3)23(18)21/h8-11,13,19H,6-7,12,14H2,1-5H3,(H,30,31). The predicted molar refractivity (Wildman–Crippen MR) is 126 cm³/mol. The lowest BCUT2D eigenvalue weighted by molar-refractivity contribution is -0.137. The second kappa shape index (κ2) is 8.30. The van der Waals surface area contributed by atoms with Crippen molar-refractivity contribution >= 4 is 28.0 Å². The molecule has 32 heavy (non-hydrogen) atoms. The maximum Gasteiger partial charge on any atom is 0.330 e. The van der Waals surface area contributed by atoms with Gasteiger partial charge in [-0.15, -0.1) is 0 Å². The molecule has 0 aliphatic rings. The number of fused-ring (bicyclic) bond motifs is 2. The number of pyridine rings is 1. The minimum Gasteiger partial charge on any atom is -0.481 e. The molecule has 1 atom stereocenters. The summed E-state index contributed by atoms with van der Waals surface area (Å²) in [4.78, 5) is 29.9. The van der Waals surface area contributed by atoms with Crippen molar-refractivity contribution in [1.82, 2.24) is 18.7 Å². The summed E-state index contributed by atoms with van der Waals surface area (Å²) in [6.45, 7) is 8.47. The van der Waals surface area contributed by atoms with Crippen molar-refractivity contribution in [2.45, 2.75) is 59.5 Å². The van der Waals surface area contributed by atoms with Crippen LogP contribution in [0.3, 0.4) is 0 Å². The summed E-state index contributed by atoms with van der Waals surface area (Å²) in [5.74, 6) is -0.913. The molecule has 1 N–H and O–H groups in total. The number of carboxylic acids is 1. The van der Waals surface area contributed by atoms with Crippen LogP contribution in [0.2, 0.25) is 0 Å². The summed E-state index contributed by atoms with van der Waals surface area (Å²) in [6, 6.07) is 7.70. The summed E-state index contributed by atoms with van der Waals surface area (Å²) in [5.41, 5.74) is 6.45. The van der Waals surface area contributed by atoms with E-state index in [0.29, 0.717) is 18.6 Å². The van der Waals surface area contributed by atoms with Crippen molar-refractivity contribution in [3.05, 3.63) is 63.3 Å². The Labute approximate surface area is 186 Å². The van der Waals surface area contributed by atoms with E-state index in [1.807, 2.05) is 33.0 Å². The highest BCUT2D eigenvalue weighted by Crippen LogP contribution is 2.28. The Balaban J connectivity index is 1.93. The highest BCUT2D eigenvalue weighted by Gasteiger charge is 2.24. The van der Waals surface area contributed by atoms with Gasteiger partial charge in [-0.25, -0.2) is 9.78 Å². The maximum atomic E-state index is 13.7. The van der Waals surface area contributed by atoms with Gasteiger partial charge in [-0.05, 0) is 62.1 Å². The number of aliphatic carboxylic acids is 1. The molecular formula is C25H30N4O3. The lowest BCUT2D eigenvalue weighted by Crippen LogP contribution is -2.29. The summed E-state index contributed by atoms with van der Waals surface area (Å²) in [5, 5.41) is 10.6. The van der Waals surface area contributed by atoms with Crippen LogP contribution in [0.25, 0.3) is 22.1 Å². The number of benzene rings is 1. The first-order chi connectivity index (χ1) is 15.2. The molecule has 1 unspecified atom stereocenters. The molecule has 0 spiro atoms. The fourth-order valence-corrected chi connectivity index (χ4v) is 4.89. The Morgan fingerprint density at radius 1 is 1.16 bits per heavy atom. The molecule has 0 bridgehead atoms. The normalized spacial score (nSPS) is 12.7. The van der Waals surface area contributed by atoms with Crippen LogP contribution in [-0.4, -0.2) is 29.8 Å². The first-order valence-corrected chi connectivity index (χ1v) is 11.1. The summed E-state index contributed by atoms with van der Waals surface area (Å²) in [7, 11) is 2.02. The first kappa shape index (κ1) is 21.9. The largest absolute Gasteiger partial charge is 0.481 e. The Kier molecular flexibility index (Phi) is 5.67. The van der Waals surface area contributed by atoms with Gasteiger partial charge in [0.05, 0.1) is 24.5 Å². The molecule has 168 valence electrons. The number of aryl methyl sites for hydroxylation is 4. The number of nitrogens with zero attached hydrogens (tertiary/aromatic N) is 4. The zero-order valence-electron chi connectivity index (χ0n) is 19.3. The minimum atomic E-state index is -0.913. The van der Waals surface area contributed by atoms with E-state index < -0.39 is 12.0 Å². The number of carbonyl (C=O) groups is 1. The van der Waals surface area contributed by atoms with Crippen molar-refractivity contribution in [2.75, 3.05) is 0 Å². The molecule has 0 aliphatic carbocycles. The quantitative estimate of drug-likeness (QED) is 0.465. The molecule has 3 aromatic heterocycles. The lowest BCUT2D eigenvalue weighted by Gasteiger charge is -2.15. The lowest BCUT2D eigenvalue weighted by atomic mass is 10.0. The van der Waals surface area contributed by atoms with Crippen LogP contribution < -0.4 is 5.69 Å². The zero-order valence-corrected chi connectivity index (χ0v) is 19.3. The number of hydrogen-bond acceptors (Lipinski definition) is 3. The number of imidazole rings is 1. The second-order valence-electron chi connectivity index (χ2n) is 8.82. The van der Waals surface area contributed by atoms with E-state index in [0.717, 1.165) is 34.1 Å². The van der Waals surface area contributed by atoms with Crippen LogP contribution in [-0.2, 0) is 18.4 Å². The van der Waals surface area contributed by atoms with Crippen LogP contribution in [0.4, 0.5) is 0 Å². The Morgan fingerprint density at radius 2 is 1.91 bits per heavy atom. The van der Waals surface area contributed by atoms with Crippen LogP contribution in [0.5, 0.6) is 0 Å². The Bertz CT molecular complexity index is 1390. The van der Waals surface area contributed by atoms with Crippen molar-refractivity contribution in [1.29, 1.82) is 0 Å². The van der Waals surface area contributed by atoms with Gasteiger partial charge in [-0.3, -0.25) is 13.9 Å². The summed E-state index contributed by atoms with van der Waals surface area (Å²) < 4.78 is 5.43. The van der Waals surface area contributed by atoms with Crippen molar-refractivity contribution in [2.24, 2.45) is 7.05 Å². The molecule has 1 aromatic carbocycles. The Hall–Kier alpha value is -3.35. The third-order valence-corrected chi connectivity index (χ3v) is 6.19. The van der Waals surface area contributed by atoms with Gasteiger partial charge in [0.15, 0.2) is 5.65 Å². The second-order valence-corrected chi connectivity index (χ2v) is 8.82. The van der Waals surface area contributed by atoms with E-state index in [-0.39, 0.29) is 12.1 Å². The molecule has 4 aromatic rings. The molecule has 0 fully saturated rings. The number of carboxylic acid groups (broad SMARTS) is 1. The van der Waals surface area contributed by atoms with E-state index in [1.165, 1.54) is 11.1 Å². The van der Waals surface area contributed by atoms with Gasteiger partial charge >= 0.3 is 11.7 Å². The highest BCUT2D eigenvalue weighted by molar-refractivity contribution is 5.88. The average molecular weight is 435 g/mol. The predicted octanol–water partition coefficient (Wildman–Crippen LogP) is 4.48. The van der Waals surface area contributed by atoms with E-state index in [2.05, 4.69) is 41.7 Å². The average Bonchev–Trinajstić information content (AvgIpc) is 3.15. The summed E-state index contributed by atoms with van der Waals surface area (Å²) in [6.07, 6.45) is 3.36.